The maximum atomic E-state index is 12.5. The van der Waals surface area contributed by atoms with Crippen LogP contribution in [0.3, 0.4) is 0 Å². The minimum Gasteiger partial charge on any atom is -0.464 e. The van der Waals surface area contributed by atoms with Gasteiger partial charge in [0.25, 0.3) is 0 Å². The molecule has 1 amide bonds. The van der Waals surface area contributed by atoms with Crippen LogP contribution in [0.1, 0.15) is 22.5 Å². The van der Waals surface area contributed by atoms with Gasteiger partial charge in [0, 0.05) is 25.2 Å². The first-order valence-corrected chi connectivity index (χ1v) is 9.75. The predicted octanol–water partition coefficient (Wildman–Crippen LogP) is 4.58. The van der Waals surface area contributed by atoms with Crippen LogP contribution >= 0.6 is 11.8 Å². The van der Waals surface area contributed by atoms with E-state index in [0.29, 0.717) is 12.3 Å². The number of nitrogens with zero attached hydrogens (tertiary/aromatic N) is 2. The highest BCUT2D eigenvalue weighted by Crippen LogP contribution is 2.43. The number of carbonyl (C=O) groups excluding carboxylic acids is 1. The van der Waals surface area contributed by atoms with Crippen LogP contribution in [-0.2, 0) is 11.3 Å². The van der Waals surface area contributed by atoms with Gasteiger partial charge in [0.05, 0.1) is 12.3 Å². The van der Waals surface area contributed by atoms with Crippen molar-refractivity contribution in [3.8, 4) is 0 Å². The van der Waals surface area contributed by atoms with Crippen molar-refractivity contribution in [1.29, 1.82) is 0 Å². The fourth-order valence-electron chi connectivity index (χ4n) is 3.53. The van der Waals surface area contributed by atoms with E-state index in [4.69, 9.17) is 4.42 Å². The van der Waals surface area contributed by atoms with E-state index >= 15 is 0 Å². The number of carbonyl (C=O) groups is 1. The molecule has 0 radical (unpaired) electrons. The van der Waals surface area contributed by atoms with E-state index in [-0.39, 0.29) is 11.3 Å². The molecular weight excluding hydrogens is 344 g/mol. The van der Waals surface area contributed by atoms with Gasteiger partial charge in [0.2, 0.25) is 5.91 Å². The first-order chi connectivity index (χ1) is 12.5. The second-order valence-corrected chi connectivity index (χ2v) is 7.88. The van der Waals surface area contributed by atoms with Gasteiger partial charge in [-0.1, -0.05) is 30.3 Å². The average molecular weight is 366 g/mol. The summed E-state index contributed by atoms with van der Waals surface area (Å²) in [6.07, 6.45) is 0. The lowest BCUT2D eigenvalue weighted by Crippen LogP contribution is -2.27. The zero-order valence-electron chi connectivity index (χ0n) is 15.2. The highest BCUT2D eigenvalue weighted by Gasteiger charge is 2.34. The highest BCUT2D eigenvalue weighted by molar-refractivity contribution is 8.00. The Labute approximate surface area is 157 Å². The van der Waals surface area contributed by atoms with Gasteiger partial charge in [-0.3, -0.25) is 4.79 Å². The maximum absolute atomic E-state index is 12.5. The van der Waals surface area contributed by atoms with Crippen LogP contribution in [0.25, 0.3) is 10.8 Å². The molecule has 1 unspecified atom stereocenters. The number of furan rings is 1. The molecule has 1 saturated heterocycles. The molecule has 134 valence electrons. The summed E-state index contributed by atoms with van der Waals surface area (Å²) >= 11 is 1.69. The lowest BCUT2D eigenvalue weighted by atomic mass is 10.0. The molecular formula is C21H22N2O2S. The Morgan fingerprint density at radius 2 is 1.88 bits per heavy atom. The van der Waals surface area contributed by atoms with Crippen LogP contribution in [0.5, 0.6) is 0 Å². The van der Waals surface area contributed by atoms with Gasteiger partial charge in [-0.05, 0) is 36.1 Å². The Balaban J connectivity index is 1.76. The van der Waals surface area contributed by atoms with Crippen LogP contribution in [-0.4, -0.2) is 30.7 Å². The molecule has 3 aromatic rings. The molecule has 0 aliphatic carbocycles. The van der Waals surface area contributed by atoms with Crippen LogP contribution < -0.4 is 4.90 Å². The summed E-state index contributed by atoms with van der Waals surface area (Å²) in [4.78, 5) is 16.6. The third kappa shape index (κ3) is 2.97. The first-order valence-electron chi connectivity index (χ1n) is 8.70. The third-order valence-corrected chi connectivity index (χ3v) is 6.01. The molecule has 0 N–H and O–H groups in total. The van der Waals surface area contributed by atoms with Crippen LogP contribution in [0.2, 0.25) is 0 Å². The lowest BCUT2D eigenvalue weighted by Gasteiger charge is -2.26. The van der Waals surface area contributed by atoms with Gasteiger partial charge in [-0.2, -0.15) is 0 Å². The molecule has 2 aromatic carbocycles. The van der Waals surface area contributed by atoms with Crippen LogP contribution in [0.4, 0.5) is 5.69 Å². The number of hydrogen-bond donors (Lipinski definition) is 0. The predicted molar refractivity (Wildman–Crippen MR) is 107 cm³/mol. The number of amides is 1. The van der Waals surface area contributed by atoms with E-state index in [1.54, 1.807) is 11.8 Å². The zero-order valence-corrected chi connectivity index (χ0v) is 16.0. The minimum absolute atomic E-state index is 0.00835. The van der Waals surface area contributed by atoms with Gasteiger partial charge in [-0.15, -0.1) is 11.8 Å². The monoisotopic (exact) mass is 366 g/mol. The average Bonchev–Trinajstić information content (AvgIpc) is 3.20. The summed E-state index contributed by atoms with van der Waals surface area (Å²) in [7, 11) is 4.11. The number of aryl methyl sites for hydroxylation is 1. The normalized spacial score (nSPS) is 17.3. The third-order valence-electron chi connectivity index (χ3n) is 4.77. The zero-order chi connectivity index (χ0) is 18.3. The molecule has 1 aromatic heterocycles. The summed E-state index contributed by atoms with van der Waals surface area (Å²) in [5.41, 5.74) is 2.37. The van der Waals surface area contributed by atoms with Crippen molar-refractivity contribution in [2.24, 2.45) is 0 Å². The maximum Gasteiger partial charge on any atom is 0.234 e. The number of hydrogen-bond acceptors (Lipinski definition) is 4. The van der Waals surface area contributed by atoms with Crippen molar-refractivity contribution in [1.82, 2.24) is 4.90 Å². The molecule has 2 heterocycles. The standard InChI is InChI=1S/C21H22N2O2S/c1-14-8-9-15(25-14)12-23-20(24)13-26-21(23)18-10-11-19(22(2)3)17-7-5-4-6-16(17)18/h4-11,21H,12-13H2,1-3H3. The van der Waals surface area contributed by atoms with Crippen molar-refractivity contribution in [2.45, 2.75) is 18.8 Å². The van der Waals surface area contributed by atoms with Gasteiger partial charge < -0.3 is 14.2 Å². The second kappa shape index (κ2) is 6.72. The number of rotatable bonds is 4. The first kappa shape index (κ1) is 17.0. The van der Waals surface area contributed by atoms with E-state index in [9.17, 15) is 4.79 Å². The van der Waals surface area contributed by atoms with Gasteiger partial charge in [0.15, 0.2) is 0 Å². The Bertz CT molecular complexity index is 964. The number of anilines is 1. The van der Waals surface area contributed by atoms with Crippen molar-refractivity contribution in [2.75, 3.05) is 24.7 Å². The van der Waals surface area contributed by atoms with Crippen molar-refractivity contribution >= 4 is 34.1 Å². The largest absolute Gasteiger partial charge is 0.464 e. The number of benzene rings is 2. The molecule has 5 heteroatoms. The molecule has 0 saturated carbocycles. The molecule has 4 nitrogen and oxygen atoms in total. The topological polar surface area (TPSA) is 36.7 Å². The number of thioether (sulfide) groups is 1. The SMILES string of the molecule is Cc1ccc(CN2C(=O)CSC2c2ccc(N(C)C)c3ccccc23)o1. The van der Waals surface area contributed by atoms with Crippen LogP contribution in [0, 0.1) is 6.92 Å². The molecule has 0 spiro atoms. The Kier molecular flexibility index (Phi) is 4.41. The van der Waals surface area contributed by atoms with Crippen molar-refractivity contribution < 1.29 is 9.21 Å². The highest BCUT2D eigenvalue weighted by atomic mass is 32.2. The summed E-state index contributed by atoms with van der Waals surface area (Å²) < 4.78 is 5.71. The van der Waals surface area contributed by atoms with Crippen molar-refractivity contribution in [3.63, 3.8) is 0 Å². The Morgan fingerprint density at radius 1 is 1.12 bits per heavy atom. The molecule has 0 bridgehead atoms. The summed E-state index contributed by atoms with van der Waals surface area (Å²) in [5, 5.41) is 2.42. The number of fused-ring (bicyclic) bond motifs is 1. The lowest BCUT2D eigenvalue weighted by molar-refractivity contribution is -0.128. The Morgan fingerprint density at radius 3 is 2.58 bits per heavy atom. The second-order valence-electron chi connectivity index (χ2n) is 6.81. The minimum atomic E-state index is 0.00835. The summed E-state index contributed by atoms with van der Waals surface area (Å²) in [6, 6.07) is 16.6. The van der Waals surface area contributed by atoms with E-state index in [0.717, 1.165) is 11.5 Å². The van der Waals surface area contributed by atoms with E-state index < -0.39 is 0 Å². The summed E-state index contributed by atoms with van der Waals surface area (Å²) in [6.45, 7) is 2.43. The fraction of sp³-hybridized carbons (Fsp3) is 0.286. The van der Waals surface area contributed by atoms with Gasteiger partial charge in [0.1, 0.15) is 16.9 Å². The van der Waals surface area contributed by atoms with E-state index in [1.807, 2.05) is 24.0 Å². The van der Waals surface area contributed by atoms with Crippen molar-refractivity contribution in [3.05, 3.63) is 65.6 Å². The van der Waals surface area contributed by atoms with Crippen LogP contribution in [0.15, 0.2) is 52.9 Å². The molecule has 1 atom stereocenters. The molecule has 4 rings (SSSR count). The Hall–Kier alpha value is -2.40. The molecule has 1 aliphatic heterocycles. The molecule has 1 aliphatic rings. The van der Waals surface area contributed by atoms with Gasteiger partial charge >= 0.3 is 0 Å². The fourth-order valence-corrected chi connectivity index (χ4v) is 4.76. The quantitative estimate of drug-likeness (QED) is 0.677. The molecule has 26 heavy (non-hydrogen) atoms. The van der Waals surface area contributed by atoms with E-state index in [1.165, 1.54) is 22.0 Å². The molecule has 1 fully saturated rings. The smallest absolute Gasteiger partial charge is 0.234 e. The van der Waals surface area contributed by atoms with E-state index in [2.05, 4.69) is 55.4 Å². The van der Waals surface area contributed by atoms with Gasteiger partial charge in [-0.25, -0.2) is 0 Å². The summed E-state index contributed by atoms with van der Waals surface area (Å²) in [5.74, 6) is 2.37.